The maximum Gasteiger partial charge on any atom is 0.175 e. The predicted molar refractivity (Wildman–Crippen MR) is 122 cm³/mol. The molecule has 0 fully saturated rings. The number of benzene rings is 3. The van der Waals surface area contributed by atoms with Crippen LogP contribution in [0.15, 0.2) is 59.1 Å². The molecule has 0 aliphatic carbocycles. The van der Waals surface area contributed by atoms with E-state index >= 15 is 0 Å². The lowest BCUT2D eigenvalue weighted by atomic mass is 10.2. The van der Waals surface area contributed by atoms with Crippen molar-refractivity contribution in [1.82, 2.24) is 0 Å². The molecule has 0 spiro atoms. The summed E-state index contributed by atoms with van der Waals surface area (Å²) < 4.78 is 17.5. The Morgan fingerprint density at radius 1 is 0.897 bits per heavy atom. The molecule has 0 aromatic heterocycles. The third-order valence-electron chi connectivity index (χ3n) is 4.27. The quantitative estimate of drug-likeness (QED) is 0.365. The summed E-state index contributed by atoms with van der Waals surface area (Å²) in [5, 5.41) is 4.57. The Hall–Kier alpha value is -2.08. The van der Waals surface area contributed by atoms with Gasteiger partial charge >= 0.3 is 0 Å². The van der Waals surface area contributed by atoms with Gasteiger partial charge in [0.15, 0.2) is 11.5 Å². The molecule has 3 aromatic carbocycles. The van der Waals surface area contributed by atoms with Gasteiger partial charge in [0.25, 0.3) is 0 Å². The molecule has 0 aliphatic rings. The van der Waals surface area contributed by atoms with Crippen LogP contribution in [-0.2, 0) is 13.2 Å². The summed E-state index contributed by atoms with van der Waals surface area (Å²) in [5.74, 6) is 1.90. The first-order chi connectivity index (χ1) is 14.0. The number of anilines is 1. The van der Waals surface area contributed by atoms with Gasteiger partial charge in [-0.05, 0) is 57.9 Å². The second-order valence-electron chi connectivity index (χ2n) is 6.19. The van der Waals surface area contributed by atoms with Crippen LogP contribution in [0, 0.1) is 0 Å². The molecule has 3 rings (SSSR count). The van der Waals surface area contributed by atoms with Crippen LogP contribution in [-0.4, -0.2) is 14.2 Å². The lowest BCUT2D eigenvalue weighted by Gasteiger charge is -2.16. The number of ether oxygens (including phenoxy) is 3. The number of methoxy groups -OCH3 is 2. The number of nitrogens with one attached hydrogen (secondary N) is 1. The fourth-order valence-electron chi connectivity index (χ4n) is 2.76. The highest BCUT2D eigenvalue weighted by atomic mass is 79.9. The predicted octanol–water partition coefficient (Wildman–Crippen LogP) is 6.96. The summed E-state index contributed by atoms with van der Waals surface area (Å²) in [6.07, 6.45) is 0. The second kappa shape index (κ2) is 10.1. The Labute approximate surface area is 188 Å². The molecule has 0 unspecified atom stereocenters. The SMILES string of the molecule is COc1ccc(NCc2cc(Br)c(OCc3ccccc3Cl)c(OC)c2)cc1Cl. The van der Waals surface area contributed by atoms with Crippen LogP contribution in [0.5, 0.6) is 17.2 Å². The van der Waals surface area contributed by atoms with E-state index in [1.165, 1.54) is 0 Å². The molecule has 7 heteroatoms. The summed E-state index contributed by atoms with van der Waals surface area (Å²) in [6.45, 7) is 0.930. The van der Waals surface area contributed by atoms with Gasteiger partial charge in [0.2, 0.25) is 0 Å². The zero-order valence-corrected chi connectivity index (χ0v) is 19.1. The minimum atomic E-state index is 0.344. The topological polar surface area (TPSA) is 39.7 Å². The van der Waals surface area contributed by atoms with Crippen molar-refractivity contribution in [2.45, 2.75) is 13.2 Å². The molecule has 3 aromatic rings. The molecule has 0 heterocycles. The van der Waals surface area contributed by atoms with Gasteiger partial charge in [0, 0.05) is 22.8 Å². The maximum atomic E-state index is 6.21. The Bertz CT molecular complexity index is 998. The zero-order chi connectivity index (χ0) is 20.8. The highest BCUT2D eigenvalue weighted by Crippen LogP contribution is 2.38. The zero-order valence-electron chi connectivity index (χ0n) is 16.0. The van der Waals surface area contributed by atoms with Gasteiger partial charge in [0.05, 0.1) is 23.7 Å². The molecular formula is C22H20BrCl2NO3. The number of rotatable bonds is 8. The van der Waals surface area contributed by atoms with E-state index in [9.17, 15) is 0 Å². The van der Waals surface area contributed by atoms with Crippen LogP contribution in [0.3, 0.4) is 0 Å². The van der Waals surface area contributed by atoms with Gasteiger partial charge in [-0.25, -0.2) is 0 Å². The minimum absolute atomic E-state index is 0.344. The van der Waals surface area contributed by atoms with Crippen molar-refractivity contribution in [3.63, 3.8) is 0 Å². The van der Waals surface area contributed by atoms with Crippen molar-refractivity contribution in [1.29, 1.82) is 0 Å². The lowest BCUT2D eigenvalue weighted by molar-refractivity contribution is 0.282. The van der Waals surface area contributed by atoms with E-state index in [-0.39, 0.29) is 0 Å². The van der Waals surface area contributed by atoms with E-state index in [4.69, 9.17) is 37.4 Å². The first-order valence-electron chi connectivity index (χ1n) is 8.82. The molecule has 0 saturated heterocycles. The molecule has 0 radical (unpaired) electrons. The van der Waals surface area contributed by atoms with Crippen LogP contribution in [0.25, 0.3) is 0 Å². The highest BCUT2D eigenvalue weighted by Gasteiger charge is 2.13. The van der Waals surface area contributed by atoms with Gasteiger partial charge in [-0.15, -0.1) is 0 Å². The summed E-state index contributed by atoms with van der Waals surface area (Å²) in [4.78, 5) is 0. The molecular weight excluding hydrogens is 477 g/mol. The van der Waals surface area contributed by atoms with Crippen molar-refractivity contribution in [2.75, 3.05) is 19.5 Å². The molecule has 0 amide bonds. The lowest BCUT2D eigenvalue weighted by Crippen LogP contribution is -2.03. The number of hydrogen-bond acceptors (Lipinski definition) is 4. The minimum Gasteiger partial charge on any atom is -0.495 e. The van der Waals surface area contributed by atoms with E-state index in [0.29, 0.717) is 40.4 Å². The first kappa shape index (κ1) is 21.6. The largest absolute Gasteiger partial charge is 0.495 e. The Morgan fingerprint density at radius 2 is 1.66 bits per heavy atom. The molecule has 0 atom stereocenters. The Morgan fingerprint density at radius 3 is 2.34 bits per heavy atom. The molecule has 0 aliphatic heterocycles. The summed E-state index contributed by atoms with van der Waals surface area (Å²) >= 11 is 16.0. The third-order valence-corrected chi connectivity index (χ3v) is 5.52. The van der Waals surface area contributed by atoms with Gasteiger partial charge in [-0.2, -0.15) is 0 Å². The third kappa shape index (κ3) is 5.50. The van der Waals surface area contributed by atoms with E-state index in [0.717, 1.165) is 21.3 Å². The van der Waals surface area contributed by atoms with Gasteiger partial charge in [-0.3, -0.25) is 0 Å². The van der Waals surface area contributed by atoms with Crippen molar-refractivity contribution >= 4 is 44.8 Å². The van der Waals surface area contributed by atoms with Gasteiger partial charge in [-0.1, -0.05) is 41.4 Å². The second-order valence-corrected chi connectivity index (χ2v) is 7.86. The molecule has 1 N–H and O–H groups in total. The monoisotopic (exact) mass is 495 g/mol. The molecule has 29 heavy (non-hydrogen) atoms. The summed E-state index contributed by atoms with van der Waals surface area (Å²) in [7, 11) is 3.21. The van der Waals surface area contributed by atoms with Crippen molar-refractivity contribution < 1.29 is 14.2 Å². The first-order valence-corrected chi connectivity index (χ1v) is 10.4. The fraction of sp³-hybridized carbons (Fsp3) is 0.182. The Kier molecular flexibility index (Phi) is 7.53. The van der Waals surface area contributed by atoms with E-state index in [2.05, 4.69) is 21.2 Å². The molecule has 0 bridgehead atoms. The van der Waals surface area contributed by atoms with Gasteiger partial charge in [0.1, 0.15) is 12.4 Å². The van der Waals surface area contributed by atoms with Crippen LogP contribution in [0.4, 0.5) is 5.69 Å². The van der Waals surface area contributed by atoms with Crippen LogP contribution in [0.2, 0.25) is 10.0 Å². The molecule has 4 nitrogen and oxygen atoms in total. The standard InChI is InChI=1S/C22H20BrCl2NO3/c1-27-20-8-7-16(11-19(20)25)26-12-14-9-17(23)22(21(10-14)28-2)29-13-15-5-3-4-6-18(15)24/h3-11,26H,12-13H2,1-2H3. The number of hydrogen-bond donors (Lipinski definition) is 1. The van der Waals surface area contributed by atoms with Crippen LogP contribution >= 0.6 is 39.1 Å². The average molecular weight is 497 g/mol. The molecule has 0 saturated carbocycles. The van der Waals surface area contributed by atoms with Crippen LogP contribution in [0.1, 0.15) is 11.1 Å². The van der Waals surface area contributed by atoms with E-state index < -0.39 is 0 Å². The summed E-state index contributed by atoms with van der Waals surface area (Å²) in [6, 6.07) is 17.1. The fourth-order valence-corrected chi connectivity index (χ4v) is 3.81. The maximum absolute atomic E-state index is 6.21. The number of halogens is 3. The van der Waals surface area contributed by atoms with Crippen LogP contribution < -0.4 is 19.5 Å². The van der Waals surface area contributed by atoms with Crippen molar-refractivity contribution in [3.8, 4) is 17.2 Å². The van der Waals surface area contributed by atoms with E-state index in [1.54, 1.807) is 14.2 Å². The smallest absolute Gasteiger partial charge is 0.175 e. The van der Waals surface area contributed by atoms with E-state index in [1.807, 2.05) is 54.6 Å². The average Bonchev–Trinajstić information content (AvgIpc) is 2.72. The Balaban J connectivity index is 1.72. The normalized spacial score (nSPS) is 10.5. The highest BCUT2D eigenvalue weighted by molar-refractivity contribution is 9.10. The molecule has 152 valence electrons. The van der Waals surface area contributed by atoms with Crippen molar-refractivity contribution in [3.05, 3.63) is 80.2 Å². The van der Waals surface area contributed by atoms with Gasteiger partial charge < -0.3 is 19.5 Å². The van der Waals surface area contributed by atoms with Crippen molar-refractivity contribution in [2.24, 2.45) is 0 Å². The summed E-state index contributed by atoms with van der Waals surface area (Å²) in [5.41, 5.74) is 2.82.